The lowest BCUT2D eigenvalue weighted by Crippen LogP contribution is -2.44. The summed E-state index contributed by atoms with van der Waals surface area (Å²) in [6.45, 7) is -0.321. The highest BCUT2D eigenvalue weighted by Crippen LogP contribution is 2.17. The van der Waals surface area contributed by atoms with Gasteiger partial charge in [0.05, 0.1) is 6.42 Å². The molecule has 3 rings (SSSR count). The number of hydrogen-bond acceptors (Lipinski definition) is 5. The number of hydrazine groups is 1. The van der Waals surface area contributed by atoms with Gasteiger partial charge in [-0.1, -0.05) is 17.3 Å². The smallest absolute Gasteiger partial charge is 0.276 e. The molecule has 128 valence electrons. The second-order valence-electron chi connectivity index (χ2n) is 5.14. The van der Waals surface area contributed by atoms with Crippen LogP contribution in [-0.2, 0) is 16.0 Å². The van der Waals surface area contributed by atoms with Crippen molar-refractivity contribution in [1.29, 1.82) is 0 Å². The van der Waals surface area contributed by atoms with Crippen molar-refractivity contribution in [2.75, 3.05) is 6.61 Å². The number of benzene rings is 2. The Kier molecular flexibility index (Phi) is 4.89. The topological polar surface area (TPSA) is 93.5 Å². The minimum atomic E-state index is -0.553. The minimum Gasteiger partial charge on any atom is -0.484 e. The third-order valence-electron chi connectivity index (χ3n) is 3.31. The molecule has 0 radical (unpaired) electrons. The summed E-state index contributed by atoms with van der Waals surface area (Å²) in [4.78, 5) is 23.5. The van der Waals surface area contributed by atoms with Crippen LogP contribution in [0.5, 0.6) is 5.75 Å². The molecule has 0 aliphatic rings. The van der Waals surface area contributed by atoms with Crippen molar-refractivity contribution in [2.45, 2.75) is 6.42 Å². The maximum Gasteiger partial charge on any atom is 0.276 e. The Morgan fingerprint density at radius 3 is 2.56 bits per heavy atom. The van der Waals surface area contributed by atoms with E-state index in [9.17, 15) is 14.0 Å². The van der Waals surface area contributed by atoms with Gasteiger partial charge in [0.1, 0.15) is 17.3 Å². The Hall–Kier alpha value is -3.42. The molecule has 1 heterocycles. The molecule has 2 aromatic carbocycles. The van der Waals surface area contributed by atoms with Crippen LogP contribution in [0.3, 0.4) is 0 Å². The number of carbonyl (C=O) groups is 2. The molecule has 0 spiro atoms. The zero-order valence-electron chi connectivity index (χ0n) is 13.0. The van der Waals surface area contributed by atoms with Gasteiger partial charge < -0.3 is 9.26 Å². The van der Waals surface area contributed by atoms with Crippen LogP contribution in [0.1, 0.15) is 5.69 Å². The second-order valence-corrected chi connectivity index (χ2v) is 5.14. The van der Waals surface area contributed by atoms with Crippen LogP contribution in [-0.4, -0.2) is 23.6 Å². The highest BCUT2D eigenvalue weighted by atomic mass is 19.1. The van der Waals surface area contributed by atoms with Gasteiger partial charge in [0.2, 0.25) is 5.91 Å². The molecule has 0 bridgehead atoms. The van der Waals surface area contributed by atoms with Crippen molar-refractivity contribution < 1.29 is 23.2 Å². The van der Waals surface area contributed by atoms with Crippen LogP contribution in [0, 0.1) is 5.82 Å². The third-order valence-corrected chi connectivity index (χ3v) is 3.31. The van der Waals surface area contributed by atoms with Gasteiger partial charge in [-0.15, -0.1) is 0 Å². The summed E-state index contributed by atoms with van der Waals surface area (Å²) in [6, 6.07) is 12.4. The lowest BCUT2D eigenvalue weighted by molar-refractivity contribution is -0.129. The summed E-state index contributed by atoms with van der Waals surface area (Å²) >= 11 is 0. The first-order valence-electron chi connectivity index (χ1n) is 7.41. The molecule has 0 aliphatic carbocycles. The first kappa shape index (κ1) is 16.4. The Bertz CT molecular complexity index is 892. The molecule has 0 atom stereocenters. The molecule has 0 aliphatic heterocycles. The minimum absolute atomic E-state index is 0.0455. The fraction of sp³-hybridized carbons (Fsp3) is 0.118. The van der Waals surface area contributed by atoms with Gasteiger partial charge in [-0.05, 0) is 36.4 Å². The van der Waals surface area contributed by atoms with E-state index in [0.29, 0.717) is 17.0 Å². The maximum atomic E-state index is 12.8. The fourth-order valence-corrected chi connectivity index (χ4v) is 2.12. The molecule has 0 unspecified atom stereocenters. The van der Waals surface area contributed by atoms with Crippen LogP contribution in [0.25, 0.3) is 11.0 Å². The van der Waals surface area contributed by atoms with Gasteiger partial charge in [0.15, 0.2) is 12.2 Å². The van der Waals surface area contributed by atoms with Crippen molar-refractivity contribution >= 4 is 22.8 Å². The molecule has 1 aromatic heterocycles. The SMILES string of the molecule is O=C(COc1ccc(F)cc1)NNC(=O)Cc1noc2ccccc12. The van der Waals surface area contributed by atoms with Gasteiger partial charge >= 0.3 is 0 Å². The Morgan fingerprint density at radius 2 is 1.76 bits per heavy atom. The highest BCUT2D eigenvalue weighted by Gasteiger charge is 2.12. The van der Waals surface area contributed by atoms with Crippen LogP contribution < -0.4 is 15.6 Å². The number of rotatable bonds is 5. The first-order valence-corrected chi connectivity index (χ1v) is 7.41. The number of amides is 2. The number of para-hydroxylation sites is 1. The monoisotopic (exact) mass is 343 g/mol. The Morgan fingerprint density at radius 1 is 1.04 bits per heavy atom. The van der Waals surface area contributed by atoms with E-state index in [2.05, 4.69) is 16.0 Å². The first-order chi connectivity index (χ1) is 12.1. The summed E-state index contributed by atoms with van der Waals surface area (Å²) in [7, 11) is 0. The number of nitrogens with one attached hydrogen (secondary N) is 2. The lowest BCUT2D eigenvalue weighted by Gasteiger charge is -2.08. The highest BCUT2D eigenvalue weighted by molar-refractivity contribution is 5.87. The molecule has 0 saturated carbocycles. The van der Waals surface area contributed by atoms with Crippen molar-refractivity contribution in [3.63, 3.8) is 0 Å². The zero-order chi connectivity index (χ0) is 17.6. The number of ether oxygens (including phenoxy) is 1. The molecule has 8 heteroatoms. The molecule has 7 nitrogen and oxygen atoms in total. The average Bonchev–Trinajstić information content (AvgIpc) is 3.02. The summed E-state index contributed by atoms with van der Waals surface area (Å²) in [6.07, 6.45) is -0.0455. The maximum absolute atomic E-state index is 12.8. The molecule has 25 heavy (non-hydrogen) atoms. The van der Waals surface area contributed by atoms with E-state index in [1.807, 2.05) is 6.07 Å². The van der Waals surface area contributed by atoms with Crippen molar-refractivity contribution in [3.8, 4) is 5.75 Å². The fourth-order valence-electron chi connectivity index (χ4n) is 2.12. The van der Waals surface area contributed by atoms with Gasteiger partial charge in [0, 0.05) is 5.39 Å². The molecule has 0 fully saturated rings. The summed E-state index contributed by atoms with van der Waals surface area (Å²) < 4.78 is 23.0. The summed E-state index contributed by atoms with van der Waals surface area (Å²) in [5.41, 5.74) is 5.56. The largest absolute Gasteiger partial charge is 0.484 e. The number of carbonyl (C=O) groups excluding carboxylic acids is 2. The Balaban J connectivity index is 1.45. The van der Waals surface area contributed by atoms with Gasteiger partial charge in [-0.3, -0.25) is 20.4 Å². The number of halogens is 1. The quantitative estimate of drug-likeness (QED) is 0.688. The van der Waals surface area contributed by atoms with E-state index in [4.69, 9.17) is 9.26 Å². The molecular formula is C17H14FN3O4. The van der Waals surface area contributed by atoms with Crippen LogP contribution in [0.15, 0.2) is 53.1 Å². The van der Waals surface area contributed by atoms with Gasteiger partial charge in [-0.25, -0.2) is 4.39 Å². The summed E-state index contributed by atoms with van der Waals surface area (Å²) in [5, 5.41) is 4.58. The van der Waals surface area contributed by atoms with Crippen molar-refractivity contribution in [1.82, 2.24) is 16.0 Å². The third kappa shape index (κ3) is 4.31. The van der Waals surface area contributed by atoms with E-state index < -0.39 is 17.6 Å². The molecular weight excluding hydrogens is 329 g/mol. The van der Waals surface area contributed by atoms with E-state index in [1.54, 1.807) is 18.2 Å². The number of nitrogens with zero attached hydrogens (tertiary/aromatic N) is 1. The number of hydrogen-bond donors (Lipinski definition) is 2. The Labute approximate surface area is 141 Å². The normalized spacial score (nSPS) is 10.4. The standard InChI is InChI=1S/C17H14FN3O4/c18-11-5-7-12(8-6-11)24-10-17(23)20-19-16(22)9-14-13-3-1-2-4-15(13)25-21-14/h1-8H,9-10H2,(H,19,22)(H,20,23). The second kappa shape index (κ2) is 7.43. The molecule has 0 saturated heterocycles. The van der Waals surface area contributed by atoms with Crippen LogP contribution in [0.4, 0.5) is 4.39 Å². The average molecular weight is 343 g/mol. The molecule has 2 amide bonds. The molecule has 3 aromatic rings. The van der Waals surface area contributed by atoms with Crippen LogP contribution >= 0.6 is 0 Å². The van der Waals surface area contributed by atoms with Crippen LogP contribution in [0.2, 0.25) is 0 Å². The van der Waals surface area contributed by atoms with Crippen molar-refractivity contribution in [3.05, 3.63) is 60.0 Å². The van der Waals surface area contributed by atoms with Crippen molar-refractivity contribution in [2.24, 2.45) is 0 Å². The van der Waals surface area contributed by atoms with Gasteiger partial charge in [-0.2, -0.15) is 0 Å². The lowest BCUT2D eigenvalue weighted by atomic mass is 10.2. The zero-order valence-corrected chi connectivity index (χ0v) is 13.0. The number of fused-ring (bicyclic) bond motifs is 1. The predicted molar refractivity (Wildman–Crippen MR) is 85.9 cm³/mol. The van der Waals surface area contributed by atoms with E-state index in [1.165, 1.54) is 24.3 Å². The van der Waals surface area contributed by atoms with E-state index >= 15 is 0 Å². The predicted octanol–water partition coefficient (Wildman–Crippen LogP) is 1.74. The van der Waals surface area contributed by atoms with Gasteiger partial charge in [0.25, 0.3) is 5.91 Å². The van der Waals surface area contributed by atoms with E-state index in [-0.39, 0.29) is 13.0 Å². The summed E-state index contributed by atoms with van der Waals surface area (Å²) in [5.74, 6) is -1.06. The molecule has 2 N–H and O–H groups in total. The van der Waals surface area contributed by atoms with E-state index in [0.717, 1.165) is 5.39 Å². The number of aromatic nitrogens is 1.